The highest BCUT2D eigenvalue weighted by atomic mass is 79.9. The van der Waals surface area contributed by atoms with E-state index in [-0.39, 0.29) is 6.04 Å². The summed E-state index contributed by atoms with van der Waals surface area (Å²) in [5.41, 5.74) is 2.27. The van der Waals surface area contributed by atoms with E-state index in [1.807, 2.05) is 12.1 Å². The molecule has 102 valence electrons. The molecular weight excluding hydrogens is 365 g/mol. The van der Waals surface area contributed by atoms with Gasteiger partial charge in [0.15, 0.2) is 0 Å². The highest BCUT2D eigenvalue weighted by molar-refractivity contribution is 9.10. The fourth-order valence-corrected chi connectivity index (χ4v) is 3.98. The van der Waals surface area contributed by atoms with E-state index in [9.17, 15) is 0 Å². The van der Waals surface area contributed by atoms with Crippen molar-refractivity contribution < 1.29 is 0 Å². The lowest BCUT2D eigenvalue weighted by atomic mass is 10.0. The van der Waals surface area contributed by atoms with Gasteiger partial charge in [0.05, 0.1) is 6.04 Å². The van der Waals surface area contributed by atoms with Gasteiger partial charge in [0, 0.05) is 19.9 Å². The lowest BCUT2D eigenvalue weighted by Gasteiger charge is -2.20. The first-order chi connectivity index (χ1) is 9.13. The summed E-state index contributed by atoms with van der Waals surface area (Å²) in [7, 11) is 0. The van der Waals surface area contributed by atoms with E-state index in [0.29, 0.717) is 10.0 Å². The number of nitrogens with one attached hydrogen (secondary N) is 1. The number of halogens is 3. The largest absolute Gasteiger partial charge is 0.306 e. The Balaban J connectivity index is 2.40. The molecule has 2 rings (SSSR count). The summed E-state index contributed by atoms with van der Waals surface area (Å²) >= 11 is 17.6. The molecule has 0 spiro atoms. The van der Waals surface area contributed by atoms with Crippen LogP contribution in [0.15, 0.2) is 33.4 Å². The smallest absolute Gasteiger partial charge is 0.0610 e. The van der Waals surface area contributed by atoms with Crippen molar-refractivity contribution in [1.29, 1.82) is 0 Å². The van der Waals surface area contributed by atoms with Gasteiger partial charge in [-0.05, 0) is 57.5 Å². The highest BCUT2D eigenvalue weighted by Gasteiger charge is 2.19. The zero-order valence-corrected chi connectivity index (χ0v) is 14.3. The molecule has 1 nitrogen and oxygen atoms in total. The topological polar surface area (TPSA) is 12.0 Å². The fourth-order valence-electron chi connectivity index (χ4n) is 1.91. The van der Waals surface area contributed by atoms with Crippen molar-refractivity contribution in [3.8, 4) is 0 Å². The molecular formula is C14H14BrCl2NS. The maximum Gasteiger partial charge on any atom is 0.0610 e. The summed E-state index contributed by atoms with van der Waals surface area (Å²) < 4.78 is 1.11. The first-order valence-electron chi connectivity index (χ1n) is 6.03. The van der Waals surface area contributed by atoms with Gasteiger partial charge in [0.25, 0.3) is 0 Å². The maximum absolute atomic E-state index is 6.34. The zero-order valence-electron chi connectivity index (χ0n) is 10.4. The minimum atomic E-state index is 0.0883. The Morgan fingerprint density at radius 1 is 1.26 bits per heavy atom. The van der Waals surface area contributed by atoms with Crippen molar-refractivity contribution in [1.82, 2.24) is 5.32 Å². The minimum absolute atomic E-state index is 0.0883. The van der Waals surface area contributed by atoms with Crippen LogP contribution in [0.1, 0.15) is 30.5 Å². The van der Waals surface area contributed by atoms with Gasteiger partial charge in [-0.1, -0.05) is 36.2 Å². The second kappa shape index (κ2) is 7.09. The molecule has 1 aromatic carbocycles. The first kappa shape index (κ1) is 15.3. The molecule has 0 aliphatic heterocycles. The average molecular weight is 379 g/mol. The van der Waals surface area contributed by atoms with Gasteiger partial charge in [0.2, 0.25) is 0 Å². The third-order valence-electron chi connectivity index (χ3n) is 2.83. The second-order valence-corrected chi connectivity index (χ2v) is 6.67. The Morgan fingerprint density at radius 3 is 2.63 bits per heavy atom. The van der Waals surface area contributed by atoms with E-state index in [0.717, 1.165) is 23.0 Å². The molecule has 5 heteroatoms. The molecule has 0 fully saturated rings. The van der Waals surface area contributed by atoms with E-state index < -0.39 is 0 Å². The molecule has 2 aromatic rings. The number of rotatable bonds is 5. The predicted molar refractivity (Wildman–Crippen MR) is 88.6 cm³/mol. The molecule has 1 unspecified atom stereocenters. The van der Waals surface area contributed by atoms with Crippen LogP contribution in [0.4, 0.5) is 0 Å². The second-order valence-electron chi connectivity index (χ2n) is 4.23. The van der Waals surface area contributed by atoms with Crippen LogP contribution in [0.25, 0.3) is 0 Å². The van der Waals surface area contributed by atoms with Crippen LogP contribution >= 0.6 is 50.5 Å². The van der Waals surface area contributed by atoms with Gasteiger partial charge in [0.1, 0.15) is 0 Å². The molecule has 0 bridgehead atoms. The van der Waals surface area contributed by atoms with Gasteiger partial charge >= 0.3 is 0 Å². The number of hydrogen-bond acceptors (Lipinski definition) is 2. The van der Waals surface area contributed by atoms with Gasteiger partial charge in [-0.3, -0.25) is 0 Å². The van der Waals surface area contributed by atoms with E-state index in [2.05, 4.69) is 38.9 Å². The van der Waals surface area contributed by atoms with Crippen molar-refractivity contribution in [2.24, 2.45) is 0 Å². The zero-order chi connectivity index (χ0) is 13.8. The molecule has 1 heterocycles. The lowest BCUT2D eigenvalue weighted by molar-refractivity contribution is 0.598. The summed E-state index contributed by atoms with van der Waals surface area (Å²) in [6, 6.07) is 5.75. The van der Waals surface area contributed by atoms with Crippen LogP contribution in [0.3, 0.4) is 0 Å². The van der Waals surface area contributed by atoms with Crippen molar-refractivity contribution >= 4 is 50.5 Å². The van der Waals surface area contributed by atoms with Crippen LogP contribution in [-0.2, 0) is 0 Å². The summed E-state index contributed by atoms with van der Waals surface area (Å²) in [6.07, 6.45) is 1.07. The normalized spacial score (nSPS) is 12.6. The Kier molecular flexibility index (Phi) is 5.72. The molecule has 0 aliphatic carbocycles. The Morgan fingerprint density at radius 2 is 2.05 bits per heavy atom. The molecule has 0 saturated carbocycles. The van der Waals surface area contributed by atoms with Gasteiger partial charge < -0.3 is 5.32 Å². The lowest BCUT2D eigenvalue weighted by Crippen LogP contribution is -2.23. The summed E-state index contributed by atoms with van der Waals surface area (Å²) in [5.74, 6) is 0. The van der Waals surface area contributed by atoms with Crippen LogP contribution in [-0.4, -0.2) is 6.54 Å². The molecule has 19 heavy (non-hydrogen) atoms. The number of benzene rings is 1. The number of hydrogen-bond donors (Lipinski definition) is 1. The number of thiophene rings is 1. The Hall–Kier alpha value is -0.0600. The Labute approximate surface area is 136 Å². The summed E-state index contributed by atoms with van der Waals surface area (Å²) in [5, 5.41) is 9.12. The van der Waals surface area contributed by atoms with E-state index >= 15 is 0 Å². The van der Waals surface area contributed by atoms with Crippen LogP contribution in [0, 0.1) is 0 Å². The summed E-state index contributed by atoms with van der Waals surface area (Å²) in [4.78, 5) is 0. The SMILES string of the molecule is CCCNC(c1ccc(Cl)cc1Cl)c1cscc1Br. The van der Waals surface area contributed by atoms with E-state index in [1.54, 1.807) is 17.4 Å². The average Bonchev–Trinajstić information content (AvgIpc) is 2.78. The third-order valence-corrected chi connectivity index (χ3v) is 5.14. The standard InChI is InChI=1S/C14H14BrCl2NS/c1-2-5-18-14(11-7-19-8-12(11)15)10-4-3-9(16)6-13(10)17/h3-4,6-8,14,18H,2,5H2,1H3. The fraction of sp³-hybridized carbons (Fsp3) is 0.286. The highest BCUT2D eigenvalue weighted by Crippen LogP contribution is 2.35. The Bertz CT molecular complexity index is 556. The first-order valence-corrected chi connectivity index (χ1v) is 8.52. The van der Waals surface area contributed by atoms with Crippen LogP contribution < -0.4 is 5.32 Å². The molecule has 0 saturated heterocycles. The molecule has 1 aromatic heterocycles. The van der Waals surface area contributed by atoms with Crippen LogP contribution in [0.5, 0.6) is 0 Å². The third kappa shape index (κ3) is 3.73. The van der Waals surface area contributed by atoms with Gasteiger partial charge in [-0.2, -0.15) is 11.3 Å². The minimum Gasteiger partial charge on any atom is -0.306 e. The van der Waals surface area contributed by atoms with E-state index in [1.165, 1.54) is 5.56 Å². The predicted octanol–water partition coefficient (Wildman–Crippen LogP) is 5.91. The molecule has 0 aliphatic rings. The van der Waals surface area contributed by atoms with Gasteiger partial charge in [-0.25, -0.2) is 0 Å². The van der Waals surface area contributed by atoms with Crippen molar-refractivity contribution in [3.63, 3.8) is 0 Å². The summed E-state index contributed by atoms with van der Waals surface area (Å²) in [6.45, 7) is 3.09. The quantitative estimate of drug-likeness (QED) is 0.682. The monoisotopic (exact) mass is 377 g/mol. The van der Waals surface area contributed by atoms with E-state index in [4.69, 9.17) is 23.2 Å². The molecule has 1 atom stereocenters. The molecule has 0 radical (unpaired) electrons. The van der Waals surface area contributed by atoms with Crippen molar-refractivity contribution in [2.75, 3.05) is 6.54 Å². The maximum atomic E-state index is 6.34. The molecule has 1 N–H and O–H groups in total. The van der Waals surface area contributed by atoms with Crippen LogP contribution in [0.2, 0.25) is 10.0 Å². The van der Waals surface area contributed by atoms with Crippen molar-refractivity contribution in [2.45, 2.75) is 19.4 Å². The van der Waals surface area contributed by atoms with Gasteiger partial charge in [-0.15, -0.1) is 0 Å². The molecule has 0 amide bonds. The van der Waals surface area contributed by atoms with Crippen molar-refractivity contribution in [3.05, 3.63) is 54.6 Å².